The number of hydrogen-bond acceptors (Lipinski definition) is 1. The summed E-state index contributed by atoms with van der Waals surface area (Å²) in [5.74, 6) is 0. The molecule has 1 rings (SSSR count). The lowest BCUT2D eigenvalue weighted by Crippen LogP contribution is -2.38. The summed E-state index contributed by atoms with van der Waals surface area (Å²) in [6.07, 6.45) is 2.78. The van der Waals surface area contributed by atoms with Crippen LogP contribution < -0.4 is 0 Å². The topological polar surface area (TPSA) is 3.24 Å². The molecule has 0 spiro atoms. The van der Waals surface area contributed by atoms with Gasteiger partial charge in [0, 0.05) is 18.1 Å². The minimum absolute atomic E-state index is 0.729. The lowest BCUT2D eigenvalue weighted by atomic mass is 10.2. The van der Waals surface area contributed by atoms with Gasteiger partial charge in [-0.25, -0.2) is 0 Å². The standard InChI is InChI=1S/C9H19N/c1-7(2)10-8(3)5-6-9(10)4/h7-9H,5-6H2,1-4H3/t8-,9+. The molecular weight excluding hydrogens is 122 g/mol. The molecule has 0 aromatic heterocycles. The van der Waals surface area contributed by atoms with Gasteiger partial charge in [0.15, 0.2) is 0 Å². The van der Waals surface area contributed by atoms with Gasteiger partial charge in [-0.2, -0.15) is 0 Å². The van der Waals surface area contributed by atoms with Gasteiger partial charge >= 0.3 is 0 Å². The van der Waals surface area contributed by atoms with E-state index < -0.39 is 0 Å². The highest BCUT2D eigenvalue weighted by Gasteiger charge is 2.28. The van der Waals surface area contributed by atoms with Crippen molar-refractivity contribution >= 4 is 0 Å². The molecule has 60 valence electrons. The number of hydrogen-bond donors (Lipinski definition) is 0. The quantitative estimate of drug-likeness (QED) is 0.541. The first-order valence-corrected chi connectivity index (χ1v) is 4.40. The smallest absolute Gasteiger partial charge is 0.00730 e. The maximum Gasteiger partial charge on any atom is 0.00730 e. The van der Waals surface area contributed by atoms with Crippen LogP contribution in [-0.4, -0.2) is 23.0 Å². The molecule has 1 saturated heterocycles. The van der Waals surface area contributed by atoms with Gasteiger partial charge in [0.25, 0.3) is 0 Å². The first-order chi connectivity index (χ1) is 4.63. The Morgan fingerprint density at radius 3 is 1.70 bits per heavy atom. The van der Waals surface area contributed by atoms with E-state index in [1.165, 1.54) is 12.8 Å². The Labute approximate surface area is 64.4 Å². The Hall–Kier alpha value is -0.0400. The molecule has 1 heteroatoms. The average molecular weight is 141 g/mol. The van der Waals surface area contributed by atoms with Crippen molar-refractivity contribution in [1.82, 2.24) is 4.90 Å². The molecule has 0 saturated carbocycles. The normalized spacial score (nSPS) is 35.7. The van der Waals surface area contributed by atoms with Crippen LogP contribution in [-0.2, 0) is 0 Å². The zero-order valence-corrected chi connectivity index (χ0v) is 7.59. The largest absolute Gasteiger partial charge is 0.296 e. The average Bonchev–Trinajstić information content (AvgIpc) is 2.11. The van der Waals surface area contributed by atoms with Gasteiger partial charge in [0.2, 0.25) is 0 Å². The summed E-state index contributed by atoms with van der Waals surface area (Å²) in [5, 5.41) is 0. The zero-order valence-electron chi connectivity index (χ0n) is 7.59. The second-order valence-electron chi connectivity index (χ2n) is 3.82. The van der Waals surface area contributed by atoms with Crippen molar-refractivity contribution in [2.75, 3.05) is 0 Å². The van der Waals surface area contributed by atoms with E-state index in [-0.39, 0.29) is 0 Å². The molecule has 0 aromatic rings. The Kier molecular flexibility index (Phi) is 2.35. The molecule has 0 N–H and O–H groups in total. The van der Waals surface area contributed by atoms with Crippen molar-refractivity contribution in [3.63, 3.8) is 0 Å². The fraction of sp³-hybridized carbons (Fsp3) is 1.00. The molecule has 1 fully saturated rings. The third-order valence-corrected chi connectivity index (χ3v) is 2.62. The predicted octanol–water partition coefficient (Wildman–Crippen LogP) is 2.27. The van der Waals surface area contributed by atoms with Gasteiger partial charge in [-0.15, -0.1) is 0 Å². The zero-order chi connectivity index (χ0) is 7.72. The van der Waals surface area contributed by atoms with Crippen LogP contribution in [0.1, 0.15) is 40.5 Å². The van der Waals surface area contributed by atoms with E-state index in [0.29, 0.717) is 0 Å². The summed E-state index contributed by atoms with van der Waals surface area (Å²) in [7, 11) is 0. The number of likely N-dealkylation sites (tertiary alicyclic amines) is 1. The Morgan fingerprint density at radius 1 is 1.10 bits per heavy atom. The van der Waals surface area contributed by atoms with Crippen LogP contribution in [0.2, 0.25) is 0 Å². The molecule has 0 aliphatic carbocycles. The molecule has 1 aliphatic rings. The third-order valence-electron chi connectivity index (χ3n) is 2.62. The molecule has 0 aromatic carbocycles. The van der Waals surface area contributed by atoms with Crippen molar-refractivity contribution in [3.05, 3.63) is 0 Å². The van der Waals surface area contributed by atoms with E-state index in [9.17, 15) is 0 Å². The van der Waals surface area contributed by atoms with E-state index in [0.717, 1.165) is 18.1 Å². The molecule has 0 amide bonds. The van der Waals surface area contributed by atoms with E-state index in [1.807, 2.05) is 0 Å². The minimum atomic E-state index is 0.729. The maximum absolute atomic E-state index is 2.61. The van der Waals surface area contributed by atoms with Gasteiger partial charge < -0.3 is 0 Å². The molecule has 2 atom stereocenters. The molecule has 1 heterocycles. The monoisotopic (exact) mass is 141 g/mol. The van der Waals surface area contributed by atoms with Crippen molar-refractivity contribution in [3.8, 4) is 0 Å². The molecular formula is C9H19N. The lowest BCUT2D eigenvalue weighted by Gasteiger charge is -2.29. The van der Waals surface area contributed by atoms with Crippen molar-refractivity contribution in [1.29, 1.82) is 0 Å². The summed E-state index contributed by atoms with van der Waals surface area (Å²) >= 11 is 0. The summed E-state index contributed by atoms with van der Waals surface area (Å²) in [6.45, 7) is 9.25. The van der Waals surface area contributed by atoms with Crippen molar-refractivity contribution in [2.24, 2.45) is 0 Å². The second kappa shape index (κ2) is 2.91. The molecule has 1 aliphatic heterocycles. The van der Waals surface area contributed by atoms with Gasteiger partial charge in [-0.1, -0.05) is 0 Å². The SMILES string of the molecule is CC(C)N1[C@H](C)CC[C@@H]1C. The van der Waals surface area contributed by atoms with Gasteiger partial charge in [-0.3, -0.25) is 4.90 Å². The van der Waals surface area contributed by atoms with Gasteiger partial charge in [-0.05, 0) is 40.5 Å². The Morgan fingerprint density at radius 2 is 1.50 bits per heavy atom. The van der Waals surface area contributed by atoms with Crippen LogP contribution in [0.4, 0.5) is 0 Å². The fourth-order valence-corrected chi connectivity index (χ4v) is 2.23. The third kappa shape index (κ3) is 1.34. The van der Waals surface area contributed by atoms with Crippen LogP contribution in [0, 0.1) is 0 Å². The molecule has 0 bridgehead atoms. The Bertz CT molecular complexity index is 99.3. The molecule has 0 radical (unpaired) electrons. The number of rotatable bonds is 1. The Balaban J connectivity index is 2.54. The molecule has 1 nitrogen and oxygen atoms in total. The van der Waals surface area contributed by atoms with Gasteiger partial charge in [0.1, 0.15) is 0 Å². The number of nitrogens with zero attached hydrogens (tertiary/aromatic N) is 1. The second-order valence-corrected chi connectivity index (χ2v) is 3.82. The van der Waals surface area contributed by atoms with Crippen LogP contribution in [0.25, 0.3) is 0 Å². The predicted molar refractivity (Wildman–Crippen MR) is 45.1 cm³/mol. The molecule has 10 heavy (non-hydrogen) atoms. The maximum atomic E-state index is 2.61. The van der Waals surface area contributed by atoms with Crippen LogP contribution in [0.3, 0.4) is 0 Å². The summed E-state index contributed by atoms with van der Waals surface area (Å²) in [4.78, 5) is 2.61. The highest BCUT2D eigenvalue weighted by Crippen LogP contribution is 2.25. The van der Waals surface area contributed by atoms with Crippen molar-refractivity contribution < 1.29 is 0 Å². The summed E-state index contributed by atoms with van der Waals surface area (Å²) in [5.41, 5.74) is 0. The van der Waals surface area contributed by atoms with E-state index in [4.69, 9.17) is 0 Å². The van der Waals surface area contributed by atoms with Crippen LogP contribution in [0.5, 0.6) is 0 Å². The van der Waals surface area contributed by atoms with Crippen molar-refractivity contribution in [2.45, 2.75) is 58.7 Å². The van der Waals surface area contributed by atoms with E-state index in [2.05, 4.69) is 32.6 Å². The van der Waals surface area contributed by atoms with Crippen LogP contribution in [0.15, 0.2) is 0 Å². The molecule has 0 unspecified atom stereocenters. The van der Waals surface area contributed by atoms with Crippen LogP contribution >= 0.6 is 0 Å². The summed E-state index contributed by atoms with van der Waals surface area (Å²) < 4.78 is 0. The summed E-state index contributed by atoms with van der Waals surface area (Å²) in [6, 6.07) is 2.36. The first-order valence-electron chi connectivity index (χ1n) is 4.40. The highest BCUT2D eigenvalue weighted by molar-refractivity contribution is 4.84. The highest BCUT2D eigenvalue weighted by atomic mass is 15.2. The lowest BCUT2D eigenvalue weighted by molar-refractivity contribution is 0.167. The minimum Gasteiger partial charge on any atom is -0.296 e. The van der Waals surface area contributed by atoms with E-state index >= 15 is 0 Å². The first kappa shape index (κ1) is 8.06. The van der Waals surface area contributed by atoms with E-state index in [1.54, 1.807) is 0 Å². The van der Waals surface area contributed by atoms with Gasteiger partial charge in [0.05, 0.1) is 0 Å². The fourth-order valence-electron chi connectivity index (χ4n) is 2.23.